The minimum atomic E-state index is -0.548. The van der Waals surface area contributed by atoms with Crippen molar-refractivity contribution in [2.75, 3.05) is 6.61 Å². The van der Waals surface area contributed by atoms with Crippen molar-refractivity contribution in [3.63, 3.8) is 0 Å². The highest BCUT2D eigenvalue weighted by atomic mass is 16.5. The fraction of sp³-hybridized carbons (Fsp3) is 0.118. The smallest absolute Gasteiger partial charge is 0.245 e. The van der Waals surface area contributed by atoms with Crippen molar-refractivity contribution in [2.24, 2.45) is 5.73 Å². The minimum Gasteiger partial charge on any atom is -0.493 e. The van der Waals surface area contributed by atoms with Crippen LogP contribution in [-0.2, 0) is 9.53 Å². The summed E-state index contributed by atoms with van der Waals surface area (Å²) >= 11 is 0. The molecule has 0 radical (unpaired) electrons. The molecule has 0 saturated carbocycles. The normalized spacial score (nSPS) is 11.0. The van der Waals surface area contributed by atoms with E-state index in [0.717, 1.165) is 11.3 Å². The first-order chi connectivity index (χ1) is 10.2. The lowest BCUT2D eigenvalue weighted by atomic mass is 10.1. The monoisotopic (exact) mass is 283 g/mol. The summed E-state index contributed by atoms with van der Waals surface area (Å²) in [5.41, 5.74) is 5.94. The molecule has 0 atom stereocenters. The van der Waals surface area contributed by atoms with Gasteiger partial charge in [-0.2, -0.15) is 0 Å². The molecule has 21 heavy (non-hydrogen) atoms. The summed E-state index contributed by atoms with van der Waals surface area (Å²) in [4.78, 5) is 11.1. The Morgan fingerprint density at radius 2 is 1.81 bits per heavy atom. The minimum absolute atomic E-state index is 0.434. The zero-order valence-electron chi connectivity index (χ0n) is 11.8. The zero-order valence-corrected chi connectivity index (χ0v) is 11.8. The number of carbonyl (C=O) groups is 1. The Labute approximate surface area is 123 Å². The van der Waals surface area contributed by atoms with Crippen molar-refractivity contribution in [1.82, 2.24) is 0 Å². The maximum absolute atomic E-state index is 11.1. The van der Waals surface area contributed by atoms with Crippen LogP contribution in [0.1, 0.15) is 12.5 Å². The SMILES string of the molecule is CCOC(=CC(N)=O)c1cccc(Oc2ccccc2)c1. The van der Waals surface area contributed by atoms with Crippen LogP contribution in [0, 0.1) is 0 Å². The van der Waals surface area contributed by atoms with Crippen molar-refractivity contribution in [2.45, 2.75) is 6.92 Å². The number of hydrogen-bond acceptors (Lipinski definition) is 3. The van der Waals surface area contributed by atoms with Crippen molar-refractivity contribution in [3.8, 4) is 11.5 Å². The third-order valence-electron chi connectivity index (χ3n) is 2.67. The first kappa shape index (κ1) is 14.7. The van der Waals surface area contributed by atoms with Gasteiger partial charge in [0.25, 0.3) is 0 Å². The maximum atomic E-state index is 11.1. The van der Waals surface area contributed by atoms with Crippen molar-refractivity contribution in [1.29, 1.82) is 0 Å². The standard InChI is InChI=1S/C17H17NO3/c1-2-20-16(12-17(18)19)13-7-6-10-15(11-13)21-14-8-4-3-5-9-14/h3-12H,2H2,1H3,(H2,18,19). The predicted molar refractivity (Wildman–Crippen MR) is 81.8 cm³/mol. The Balaban J connectivity index is 2.25. The fourth-order valence-corrected chi connectivity index (χ4v) is 1.83. The lowest BCUT2D eigenvalue weighted by Gasteiger charge is -2.11. The second kappa shape index (κ2) is 7.14. The molecular formula is C17H17NO3. The van der Waals surface area contributed by atoms with Gasteiger partial charge in [0, 0.05) is 11.6 Å². The molecule has 0 spiro atoms. The van der Waals surface area contributed by atoms with Crippen LogP contribution in [0.25, 0.3) is 5.76 Å². The number of benzene rings is 2. The molecule has 2 aromatic rings. The third-order valence-corrected chi connectivity index (χ3v) is 2.67. The van der Waals surface area contributed by atoms with Gasteiger partial charge in [-0.1, -0.05) is 30.3 Å². The summed E-state index contributed by atoms with van der Waals surface area (Å²) in [5.74, 6) is 1.29. The highest BCUT2D eigenvalue weighted by molar-refractivity contribution is 5.92. The summed E-state index contributed by atoms with van der Waals surface area (Å²) in [7, 11) is 0. The van der Waals surface area contributed by atoms with E-state index in [2.05, 4.69) is 0 Å². The first-order valence-corrected chi connectivity index (χ1v) is 6.66. The van der Waals surface area contributed by atoms with E-state index in [1.807, 2.05) is 55.5 Å². The van der Waals surface area contributed by atoms with E-state index < -0.39 is 5.91 Å². The third kappa shape index (κ3) is 4.38. The van der Waals surface area contributed by atoms with Crippen molar-refractivity contribution < 1.29 is 14.3 Å². The number of primary amides is 1. The molecule has 0 bridgehead atoms. The zero-order chi connectivity index (χ0) is 15.1. The number of carbonyl (C=O) groups excluding carboxylic acids is 1. The van der Waals surface area contributed by atoms with Gasteiger partial charge in [0.1, 0.15) is 17.3 Å². The van der Waals surface area contributed by atoms with E-state index in [9.17, 15) is 4.79 Å². The van der Waals surface area contributed by atoms with Crippen LogP contribution in [0.4, 0.5) is 0 Å². The number of nitrogens with two attached hydrogens (primary N) is 1. The first-order valence-electron chi connectivity index (χ1n) is 6.66. The molecule has 0 heterocycles. The van der Waals surface area contributed by atoms with Crippen LogP contribution in [0.2, 0.25) is 0 Å². The van der Waals surface area contributed by atoms with Gasteiger partial charge in [0.05, 0.1) is 6.61 Å². The molecule has 0 fully saturated rings. The van der Waals surface area contributed by atoms with E-state index >= 15 is 0 Å². The van der Waals surface area contributed by atoms with Gasteiger partial charge in [-0.25, -0.2) is 0 Å². The Hall–Kier alpha value is -2.75. The van der Waals surface area contributed by atoms with Crippen LogP contribution in [0.15, 0.2) is 60.7 Å². The molecule has 108 valence electrons. The molecule has 0 saturated heterocycles. The quantitative estimate of drug-likeness (QED) is 0.653. The van der Waals surface area contributed by atoms with Gasteiger partial charge in [0.15, 0.2) is 0 Å². The van der Waals surface area contributed by atoms with Crippen LogP contribution in [0.5, 0.6) is 11.5 Å². The molecule has 1 amide bonds. The van der Waals surface area contributed by atoms with Gasteiger partial charge in [-0.05, 0) is 31.2 Å². The van der Waals surface area contributed by atoms with Gasteiger partial charge in [0.2, 0.25) is 5.91 Å². The fourth-order valence-electron chi connectivity index (χ4n) is 1.83. The highest BCUT2D eigenvalue weighted by Crippen LogP contribution is 2.25. The number of amides is 1. The van der Waals surface area contributed by atoms with Gasteiger partial charge in [-0.3, -0.25) is 4.79 Å². The summed E-state index contributed by atoms with van der Waals surface area (Å²) in [6, 6.07) is 16.8. The molecule has 0 aliphatic carbocycles. The Bertz CT molecular complexity index is 635. The maximum Gasteiger partial charge on any atom is 0.245 e. The average Bonchev–Trinajstić information content (AvgIpc) is 2.48. The van der Waals surface area contributed by atoms with E-state index in [4.69, 9.17) is 15.2 Å². The summed E-state index contributed by atoms with van der Waals surface area (Å²) in [6.45, 7) is 2.29. The molecule has 0 aromatic heterocycles. The molecule has 4 nitrogen and oxygen atoms in total. The Morgan fingerprint density at radius 1 is 1.10 bits per heavy atom. The van der Waals surface area contributed by atoms with E-state index in [-0.39, 0.29) is 0 Å². The van der Waals surface area contributed by atoms with Crippen LogP contribution in [-0.4, -0.2) is 12.5 Å². The summed E-state index contributed by atoms with van der Waals surface area (Å²) in [6.07, 6.45) is 1.27. The number of rotatable bonds is 6. The topological polar surface area (TPSA) is 61.5 Å². The van der Waals surface area contributed by atoms with Crippen molar-refractivity contribution >= 4 is 11.7 Å². The molecule has 0 aliphatic rings. The molecule has 2 aromatic carbocycles. The van der Waals surface area contributed by atoms with Crippen LogP contribution < -0.4 is 10.5 Å². The molecule has 2 N–H and O–H groups in total. The van der Waals surface area contributed by atoms with Crippen LogP contribution >= 0.6 is 0 Å². The van der Waals surface area contributed by atoms with E-state index in [1.54, 1.807) is 6.07 Å². The van der Waals surface area contributed by atoms with Gasteiger partial charge < -0.3 is 15.2 Å². The number of hydrogen-bond donors (Lipinski definition) is 1. The second-order valence-electron chi connectivity index (χ2n) is 4.29. The van der Waals surface area contributed by atoms with E-state index in [0.29, 0.717) is 18.1 Å². The average molecular weight is 283 g/mol. The number of para-hydroxylation sites is 1. The Morgan fingerprint density at radius 3 is 2.48 bits per heavy atom. The molecule has 2 rings (SSSR count). The Kier molecular flexibility index (Phi) is 4.99. The van der Waals surface area contributed by atoms with Crippen molar-refractivity contribution in [3.05, 3.63) is 66.2 Å². The molecule has 0 aliphatic heterocycles. The highest BCUT2D eigenvalue weighted by Gasteiger charge is 2.06. The number of ether oxygens (including phenoxy) is 2. The van der Waals surface area contributed by atoms with E-state index in [1.165, 1.54) is 6.08 Å². The lowest BCUT2D eigenvalue weighted by Crippen LogP contribution is -2.08. The summed E-state index contributed by atoms with van der Waals surface area (Å²) in [5, 5.41) is 0. The molecule has 4 heteroatoms. The molecular weight excluding hydrogens is 266 g/mol. The van der Waals surface area contributed by atoms with Gasteiger partial charge in [-0.15, -0.1) is 0 Å². The second-order valence-corrected chi connectivity index (χ2v) is 4.29. The predicted octanol–water partition coefficient (Wildman–Crippen LogP) is 3.34. The summed E-state index contributed by atoms with van der Waals surface area (Å²) < 4.78 is 11.2. The van der Waals surface area contributed by atoms with Gasteiger partial charge >= 0.3 is 0 Å². The van der Waals surface area contributed by atoms with Crippen LogP contribution in [0.3, 0.4) is 0 Å². The lowest BCUT2D eigenvalue weighted by molar-refractivity contribution is -0.113. The molecule has 0 unspecified atom stereocenters. The largest absolute Gasteiger partial charge is 0.493 e.